The normalized spacial score (nSPS) is 11.4. The Hall–Kier alpha value is -6.48. The zero-order chi connectivity index (χ0) is 36.6. The van der Waals surface area contributed by atoms with Crippen LogP contribution in [-0.4, -0.2) is 42.3 Å². The molecular weight excluding hydrogens is 661 g/mol. The lowest BCUT2D eigenvalue weighted by Crippen LogP contribution is -2.39. The fourth-order valence-corrected chi connectivity index (χ4v) is 6.96. The van der Waals surface area contributed by atoms with Crippen LogP contribution in [0, 0.1) is 0 Å². The lowest BCUT2D eigenvalue weighted by atomic mass is 9.77. The van der Waals surface area contributed by atoms with E-state index < -0.39 is 17.1 Å². The Morgan fingerprint density at radius 2 is 1.28 bits per heavy atom. The summed E-state index contributed by atoms with van der Waals surface area (Å²) in [5.41, 5.74) is 5.36. The predicted molar refractivity (Wildman–Crippen MR) is 205 cm³/mol. The molecule has 9 nitrogen and oxygen atoms in total. The number of aryl methyl sites for hydroxylation is 1. The fourth-order valence-electron chi connectivity index (χ4n) is 6.96. The van der Waals surface area contributed by atoms with Gasteiger partial charge < -0.3 is 4.74 Å². The summed E-state index contributed by atoms with van der Waals surface area (Å²) in [6.45, 7) is 4.25. The summed E-state index contributed by atoms with van der Waals surface area (Å²) < 4.78 is 8.67. The number of carbonyl (C=O) groups is 1. The van der Waals surface area contributed by atoms with E-state index in [9.17, 15) is 9.59 Å². The van der Waals surface area contributed by atoms with E-state index in [2.05, 4.69) is 64.7 Å². The minimum Gasteiger partial charge on any atom is -0.462 e. The molecule has 0 aliphatic carbocycles. The highest BCUT2D eigenvalue weighted by atomic mass is 16.5. The van der Waals surface area contributed by atoms with E-state index in [4.69, 9.17) is 9.95 Å². The van der Waals surface area contributed by atoms with E-state index in [0.717, 1.165) is 51.8 Å². The van der Waals surface area contributed by atoms with Gasteiger partial charge in [-0.1, -0.05) is 153 Å². The number of hydrogen-bond donors (Lipinski definition) is 0. The molecule has 2 heterocycles. The van der Waals surface area contributed by atoms with E-state index in [1.54, 1.807) is 11.5 Å². The Bertz CT molecular complexity index is 2260. The van der Waals surface area contributed by atoms with Crippen LogP contribution in [-0.2, 0) is 23.2 Å². The second kappa shape index (κ2) is 15.8. The maximum Gasteiger partial charge on any atom is 0.345 e. The summed E-state index contributed by atoms with van der Waals surface area (Å²) in [4.78, 5) is 30.6. The van der Waals surface area contributed by atoms with Crippen molar-refractivity contribution in [1.29, 1.82) is 0 Å². The molecule has 5 aromatic carbocycles. The molecule has 9 heteroatoms. The quantitative estimate of drug-likeness (QED) is 0.0888. The third-order valence-electron chi connectivity index (χ3n) is 9.51. The van der Waals surface area contributed by atoms with Gasteiger partial charge in [0.05, 0.1) is 13.2 Å². The van der Waals surface area contributed by atoms with Crippen LogP contribution in [0.15, 0.2) is 151 Å². The van der Waals surface area contributed by atoms with Gasteiger partial charge in [0, 0.05) is 18.2 Å². The van der Waals surface area contributed by atoms with Crippen LogP contribution >= 0.6 is 0 Å². The number of benzene rings is 5. The van der Waals surface area contributed by atoms with Crippen LogP contribution in [0.1, 0.15) is 65.1 Å². The number of aromatic nitrogens is 6. The molecule has 7 aromatic rings. The zero-order valence-electron chi connectivity index (χ0n) is 29.8. The van der Waals surface area contributed by atoms with Crippen molar-refractivity contribution in [2.75, 3.05) is 6.61 Å². The highest BCUT2D eigenvalue weighted by Gasteiger charge is 2.42. The minimum absolute atomic E-state index is 0.0621. The number of unbranched alkanes of at least 4 members (excludes halogenated alkanes) is 1. The Morgan fingerprint density at radius 3 is 1.85 bits per heavy atom. The molecule has 0 saturated heterocycles. The lowest BCUT2D eigenvalue weighted by Gasteiger charge is -2.36. The smallest absolute Gasteiger partial charge is 0.345 e. The lowest BCUT2D eigenvalue weighted by molar-refractivity contribution is 0.0522. The molecule has 0 saturated carbocycles. The van der Waals surface area contributed by atoms with Crippen molar-refractivity contribution in [2.45, 2.75) is 45.2 Å². The third kappa shape index (κ3) is 6.81. The first-order valence-corrected chi connectivity index (χ1v) is 18.0. The van der Waals surface area contributed by atoms with E-state index in [0.29, 0.717) is 18.1 Å². The monoisotopic (exact) mass is 700 g/mol. The number of ether oxygens (including phenoxy) is 1. The number of nitrogens with zero attached hydrogens (tertiary/aromatic N) is 6. The van der Waals surface area contributed by atoms with Gasteiger partial charge in [-0.2, -0.15) is 0 Å². The maximum atomic E-state index is 13.6. The van der Waals surface area contributed by atoms with Gasteiger partial charge in [-0.25, -0.2) is 14.5 Å². The molecule has 264 valence electrons. The summed E-state index contributed by atoms with van der Waals surface area (Å²) in [5, 5.41) is 13.7. The van der Waals surface area contributed by atoms with Crippen molar-refractivity contribution < 1.29 is 9.53 Å². The SMILES string of the molecule is CCCCc1ncc(C(=O)OCC)c(=O)n1Cc1ccc(-c2ccccc2-c2nnnn2C(c2ccccc2)(c2ccccc2)c2ccccc2)cc1. The number of hydrogen-bond acceptors (Lipinski definition) is 7. The first-order chi connectivity index (χ1) is 26.1. The highest BCUT2D eigenvalue weighted by Crippen LogP contribution is 2.43. The molecule has 0 aliphatic heterocycles. The van der Waals surface area contributed by atoms with E-state index >= 15 is 0 Å². The molecule has 0 bridgehead atoms. The largest absolute Gasteiger partial charge is 0.462 e. The fraction of sp³-hybridized carbons (Fsp3) is 0.182. The van der Waals surface area contributed by atoms with Crippen molar-refractivity contribution in [3.63, 3.8) is 0 Å². The van der Waals surface area contributed by atoms with Gasteiger partial charge in [-0.05, 0) is 57.2 Å². The Kier molecular flexibility index (Phi) is 10.4. The Morgan fingerprint density at radius 1 is 0.717 bits per heavy atom. The molecule has 0 fully saturated rings. The minimum atomic E-state index is -0.894. The summed E-state index contributed by atoms with van der Waals surface area (Å²) in [6.07, 6.45) is 3.81. The van der Waals surface area contributed by atoms with Gasteiger partial charge >= 0.3 is 5.97 Å². The van der Waals surface area contributed by atoms with E-state index in [1.165, 1.54) is 6.20 Å². The van der Waals surface area contributed by atoms with Gasteiger partial charge in [0.1, 0.15) is 16.9 Å². The number of tetrazole rings is 1. The second-order valence-electron chi connectivity index (χ2n) is 12.8. The van der Waals surface area contributed by atoms with Gasteiger partial charge in [-0.15, -0.1) is 5.10 Å². The Labute approximate surface area is 308 Å². The van der Waals surface area contributed by atoms with Crippen molar-refractivity contribution in [1.82, 2.24) is 29.8 Å². The molecule has 0 radical (unpaired) electrons. The molecule has 2 aromatic heterocycles. The standard InChI is InChI=1S/C44H40N6O3/c1-3-5-25-40-45-30-39(43(52)53-4-2)42(51)49(40)31-32-26-28-33(29-27-32)37-23-15-16-24-38(37)41-46-47-48-50(41)44(34-17-9-6-10-18-34,35-19-11-7-12-20-35)36-21-13-8-14-22-36/h6-24,26-30H,3-5,25,31H2,1-2H3. The highest BCUT2D eigenvalue weighted by molar-refractivity contribution is 5.88. The molecule has 0 atom stereocenters. The first-order valence-electron chi connectivity index (χ1n) is 18.0. The van der Waals surface area contributed by atoms with Crippen LogP contribution in [0.5, 0.6) is 0 Å². The molecule has 0 unspecified atom stereocenters. The first kappa shape index (κ1) is 34.9. The van der Waals surface area contributed by atoms with Crippen LogP contribution in [0.2, 0.25) is 0 Å². The molecule has 53 heavy (non-hydrogen) atoms. The summed E-state index contributed by atoms with van der Waals surface area (Å²) in [6, 6.07) is 47.2. The molecule has 0 aliphatic rings. The van der Waals surface area contributed by atoms with Gasteiger partial charge in [-0.3, -0.25) is 9.36 Å². The topological polar surface area (TPSA) is 105 Å². The van der Waals surface area contributed by atoms with Crippen LogP contribution < -0.4 is 5.56 Å². The molecular formula is C44H40N6O3. The average Bonchev–Trinajstić information content (AvgIpc) is 3.70. The van der Waals surface area contributed by atoms with Crippen LogP contribution in [0.3, 0.4) is 0 Å². The number of rotatable bonds is 13. The van der Waals surface area contributed by atoms with Gasteiger partial charge in [0.15, 0.2) is 5.82 Å². The van der Waals surface area contributed by atoms with Crippen LogP contribution in [0.25, 0.3) is 22.5 Å². The van der Waals surface area contributed by atoms with Crippen molar-refractivity contribution in [3.05, 3.63) is 190 Å². The summed E-state index contributed by atoms with van der Waals surface area (Å²) in [7, 11) is 0. The van der Waals surface area contributed by atoms with Crippen LogP contribution in [0.4, 0.5) is 0 Å². The van der Waals surface area contributed by atoms with Gasteiger partial charge in [0.2, 0.25) is 0 Å². The van der Waals surface area contributed by atoms with E-state index in [-0.39, 0.29) is 18.7 Å². The van der Waals surface area contributed by atoms with E-state index in [1.807, 2.05) is 102 Å². The van der Waals surface area contributed by atoms with Gasteiger partial charge in [0.25, 0.3) is 5.56 Å². The third-order valence-corrected chi connectivity index (χ3v) is 9.51. The molecule has 0 spiro atoms. The van der Waals surface area contributed by atoms with Crippen molar-refractivity contribution >= 4 is 5.97 Å². The number of esters is 1. The Balaban J connectivity index is 1.32. The molecule has 0 N–H and O–H groups in total. The average molecular weight is 701 g/mol. The molecule has 0 amide bonds. The molecule has 7 rings (SSSR count). The second-order valence-corrected chi connectivity index (χ2v) is 12.8. The predicted octanol–water partition coefficient (Wildman–Crippen LogP) is 7.97. The maximum absolute atomic E-state index is 13.6. The number of carbonyl (C=O) groups excluding carboxylic acids is 1. The van der Waals surface area contributed by atoms with Crippen molar-refractivity contribution in [2.24, 2.45) is 0 Å². The summed E-state index contributed by atoms with van der Waals surface area (Å²) in [5.74, 6) is 0.589. The zero-order valence-corrected chi connectivity index (χ0v) is 29.8. The van der Waals surface area contributed by atoms with Crippen molar-refractivity contribution in [3.8, 4) is 22.5 Å². The summed E-state index contributed by atoms with van der Waals surface area (Å²) >= 11 is 0.